The molecule has 25 heavy (non-hydrogen) atoms. The molecule has 0 N–H and O–H groups in total. The highest BCUT2D eigenvalue weighted by molar-refractivity contribution is 5.83. The first-order chi connectivity index (χ1) is 11.9. The van der Waals surface area contributed by atoms with Crippen LogP contribution in [0.25, 0.3) is 11.1 Å². The number of benzene rings is 2. The van der Waals surface area contributed by atoms with E-state index in [0.717, 1.165) is 12.4 Å². The van der Waals surface area contributed by atoms with Gasteiger partial charge in [0.1, 0.15) is 23.6 Å². The average molecular weight is 342 g/mol. The molecule has 2 aromatic rings. The molecule has 0 unspecified atom stereocenters. The van der Waals surface area contributed by atoms with Gasteiger partial charge in [0.15, 0.2) is 0 Å². The predicted molar refractivity (Wildman–Crippen MR) is 95.1 cm³/mol. The summed E-state index contributed by atoms with van der Waals surface area (Å²) in [5, 5.41) is 0. The third-order valence-corrected chi connectivity index (χ3v) is 2.93. The monoisotopic (exact) mass is 342 g/mol. The summed E-state index contributed by atoms with van der Waals surface area (Å²) >= 11 is 0. The second-order valence-corrected chi connectivity index (χ2v) is 4.96. The zero-order chi connectivity index (χ0) is 18.8. The van der Waals surface area contributed by atoms with Crippen molar-refractivity contribution >= 4 is 12.3 Å². The Kier molecular flexibility index (Phi) is 7.79. The van der Waals surface area contributed by atoms with Crippen molar-refractivity contribution in [3.05, 3.63) is 73.1 Å². The van der Waals surface area contributed by atoms with Crippen LogP contribution in [-0.2, 0) is 9.59 Å². The SMILES string of the molecule is C=C(C)C=O.C=CC(=O)Oc1ccc(-c2ccc(OC)cc2)c(F)c1. The summed E-state index contributed by atoms with van der Waals surface area (Å²) in [6.07, 6.45) is 1.75. The van der Waals surface area contributed by atoms with Crippen LogP contribution >= 0.6 is 0 Å². The van der Waals surface area contributed by atoms with E-state index in [4.69, 9.17) is 9.47 Å². The zero-order valence-corrected chi connectivity index (χ0v) is 14.1. The van der Waals surface area contributed by atoms with Gasteiger partial charge in [-0.3, -0.25) is 4.79 Å². The Morgan fingerprint density at radius 1 is 1.12 bits per heavy atom. The number of hydrogen-bond acceptors (Lipinski definition) is 4. The third-order valence-electron chi connectivity index (χ3n) is 2.93. The molecule has 0 saturated heterocycles. The van der Waals surface area contributed by atoms with Gasteiger partial charge in [0.05, 0.1) is 7.11 Å². The second kappa shape index (κ2) is 9.82. The molecule has 0 saturated carbocycles. The third kappa shape index (κ3) is 6.43. The van der Waals surface area contributed by atoms with E-state index in [0.29, 0.717) is 22.4 Å². The van der Waals surface area contributed by atoms with Crippen molar-refractivity contribution in [2.24, 2.45) is 0 Å². The molecule has 2 aromatic carbocycles. The van der Waals surface area contributed by atoms with Gasteiger partial charge in [-0.2, -0.15) is 0 Å². The molecule has 130 valence electrons. The lowest BCUT2D eigenvalue weighted by molar-refractivity contribution is -0.129. The van der Waals surface area contributed by atoms with Crippen LogP contribution in [0.3, 0.4) is 0 Å². The first kappa shape index (κ1) is 19.8. The first-order valence-corrected chi connectivity index (χ1v) is 7.30. The normalized spacial score (nSPS) is 9.24. The van der Waals surface area contributed by atoms with Crippen LogP contribution in [0, 0.1) is 5.82 Å². The molecule has 0 radical (unpaired) electrons. The smallest absolute Gasteiger partial charge is 0.335 e. The largest absolute Gasteiger partial charge is 0.497 e. The quantitative estimate of drug-likeness (QED) is 0.351. The van der Waals surface area contributed by atoms with Crippen LogP contribution in [0.5, 0.6) is 11.5 Å². The molecule has 0 aromatic heterocycles. The van der Waals surface area contributed by atoms with Crippen LogP contribution in [0.1, 0.15) is 6.92 Å². The summed E-state index contributed by atoms with van der Waals surface area (Å²) < 4.78 is 23.9. The van der Waals surface area contributed by atoms with E-state index in [1.54, 1.807) is 44.4 Å². The van der Waals surface area contributed by atoms with Crippen molar-refractivity contribution in [3.8, 4) is 22.6 Å². The molecule has 2 rings (SSSR count). The Morgan fingerprint density at radius 3 is 2.12 bits per heavy atom. The van der Waals surface area contributed by atoms with E-state index in [-0.39, 0.29) is 5.75 Å². The molecule has 0 amide bonds. The highest BCUT2D eigenvalue weighted by Crippen LogP contribution is 2.27. The molecule has 4 nitrogen and oxygen atoms in total. The number of ether oxygens (including phenoxy) is 2. The van der Waals surface area contributed by atoms with Crippen molar-refractivity contribution < 1.29 is 23.5 Å². The Bertz CT molecular complexity index is 764. The molecule has 0 aliphatic heterocycles. The number of halogens is 1. The molecule has 0 spiro atoms. The minimum atomic E-state index is -0.624. The van der Waals surface area contributed by atoms with E-state index >= 15 is 0 Å². The number of rotatable bonds is 5. The maximum atomic E-state index is 14.0. The van der Waals surface area contributed by atoms with Gasteiger partial charge in [0.2, 0.25) is 0 Å². The molecule has 0 atom stereocenters. The summed E-state index contributed by atoms with van der Waals surface area (Å²) in [4.78, 5) is 20.4. The van der Waals surface area contributed by atoms with Crippen LogP contribution in [0.2, 0.25) is 0 Å². The Balaban J connectivity index is 0.000000550. The van der Waals surface area contributed by atoms with Gasteiger partial charge in [-0.15, -0.1) is 0 Å². The van der Waals surface area contributed by atoms with Gasteiger partial charge in [0, 0.05) is 17.7 Å². The lowest BCUT2D eigenvalue weighted by Gasteiger charge is -2.07. The average Bonchev–Trinajstić information content (AvgIpc) is 2.62. The standard InChI is InChI=1S/C16H13FO3.C4H6O/c1-3-16(18)20-13-8-9-14(15(17)10-13)11-4-6-12(19-2)7-5-11;1-4(2)3-5/h3-10H,1H2,2H3;3H,1H2,2H3. The second-order valence-electron chi connectivity index (χ2n) is 4.96. The summed E-state index contributed by atoms with van der Waals surface area (Å²) in [5.74, 6) is -0.249. The van der Waals surface area contributed by atoms with Crippen LogP contribution < -0.4 is 9.47 Å². The van der Waals surface area contributed by atoms with Crippen molar-refractivity contribution in [1.82, 2.24) is 0 Å². The van der Waals surface area contributed by atoms with Gasteiger partial charge in [-0.25, -0.2) is 9.18 Å². The fraction of sp³-hybridized carbons (Fsp3) is 0.100. The molecule has 0 fully saturated rings. The molecular weight excluding hydrogens is 323 g/mol. The van der Waals surface area contributed by atoms with Gasteiger partial charge in [-0.05, 0) is 42.3 Å². The number of carbonyl (C=O) groups is 2. The van der Waals surface area contributed by atoms with Crippen molar-refractivity contribution in [2.75, 3.05) is 7.11 Å². The number of methoxy groups -OCH3 is 1. The van der Waals surface area contributed by atoms with Gasteiger partial charge >= 0.3 is 5.97 Å². The maximum Gasteiger partial charge on any atom is 0.335 e. The minimum Gasteiger partial charge on any atom is -0.497 e. The number of allylic oxidation sites excluding steroid dienone is 1. The summed E-state index contributed by atoms with van der Waals surface area (Å²) in [6, 6.07) is 11.3. The van der Waals surface area contributed by atoms with Crippen molar-refractivity contribution in [3.63, 3.8) is 0 Å². The van der Waals surface area contributed by atoms with E-state index in [2.05, 4.69) is 13.2 Å². The van der Waals surface area contributed by atoms with E-state index in [1.807, 2.05) is 0 Å². The molecule has 5 heteroatoms. The summed E-state index contributed by atoms with van der Waals surface area (Å²) in [7, 11) is 1.57. The Morgan fingerprint density at radius 2 is 1.68 bits per heavy atom. The van der Waals surface area contributed by atoms with E-state index < -0.39 is 11.8 Å². The van der Waals surface area contributed by atoms with Crippen molar-refractivity contribution in [2.45, 2.75) is 6.92 Å². The van der Waals surface area contributed by atoms with E-state index in [9.17, 15) is 14.0 Å². The van der Waals surface area contributed by atoms with Gasteiger partial charge in [-0.1, -0.05) is 25.3 Å². The van der Waals surface area contributed by atoms with Gasteiger partial charge in [0.25, 0.3) is 0 Å². The van der Waals surface area contributed by atoms with Gasteiger partial charge < -0.3 is 9.47 Å². The maximum absolute atomic E-state index is 14.0. The lowest BCUT2D eigenvalue weighted by Crippen LogP contribution is -2.03. The number of esters is 1. The molecular formula is C20H19FO4. The Labute approximate surface area is 146 Å². The molecule has 0 bridgehead atoms. The zero-order valence-electron chi connectivity index (χ0n) is 14.1. The fourth-order valence-corrected chi connectivity index (χ4v) is 1.72. The topological polar surface area (TPSA) is 52.6 Å². The number of carbonyl (C=O) groups excluding carboxylic acids is 2. The van der Waals surface area contributed by atoms with Crippen molar-refractivity contribution in [1.29, 1.82) is 0 Å². The van der Waals surface area contributed by atoms with Crippen LogP contribution in [0.15, 0.2) is 67.3 Å². The highest BCUT2D eigenvalue weighted by atomic mass is 19.1. The predicted octanol–water partition coefficient (Wildman–Crippen LogP) is 4.35. The summed E-state index contributed by atoms with van der Waals surface area (Å²) in [6.45, 7) is 8.25. The first-order valence-electron chi connectivity index (χ1n) is 7.30. The Hall–Kier alpha value is -3.21. The molecule has 0 aliphatic rings. The van der Waals surface area contributed by atoms with E-state index in [1.165, 1.54) is 12.1 Å². The summed E-state index contributed by atoms with van der Waals surface area (Å²) in [5.41, 5.74) is 1.71. The number of hydrogen-bond donors (Lipinski definition) is 0. The molecule has 0 heterocycles. The number of aldehydes is 1. The fourth-order valence-electron chi connectivity index (χ4n) is 1.72. The van der Waals surface area contributed by atoms with Crippen LogP contribution in [-0.4, -0.2) is 19.4 Å². The lowest BCUT2D eigenvalue weighted by atomic mass is 10.0. The highest BCUT2D eigenvalue weighted by Gasteiger charge is 2.08. The minimum absolute atomic E-state index is 0.143. The van der Waals surface area contributed by atoms with Crippen LogP contribution in [0.4, 0.5) is 4.39 Å². The molecule has 0 aliphatic carbocycles.